The molecule has 0 saturated heterocycles. The number of rotatable bonds is 34. The fourth-order valence-electron chi connectivity index (χ4n) is 6.19. The Morgan fingerprint density at radius 1 is 0.457 bits per heavy atom. The van der Waals surface area contributed by atoms with Crippen LogP contribution >= 0.6 is 0 Å². The number of aliphatic carboxylic acids is 3. The molecule has 0 aliphatic rings. The first-order valence-electron chi connectivity index (χ1n) is 19.2. The SMILES string of the molecule is CCCCCCCCCCCCCCCCCCCC/C=C/CC[N+](CCC(C)C(=O)O)(CCC(C)C(=O)O)CCC(C)C(=O)O. The zero-order chi connectivity index (χ0) is 34.5. The Kier molecular flexibility index (Phi) is 28.1. The van der Waals surface area contributed by atoms with Crippen LogP contribution in [0.2, 0.25) is 0 Å². The van der Waals surface area contributed by atoms with E-state index in [1.807, 2.05) is 0 Å². The standard InChI is InChI=1S/C39H73NO6/c1-5-6-7-8-9-10-11-12-13-14-15-16-17-18-19-20-21-22-23-24-25-26-30-40(31-27-34(2)37(41)42,32-28-35(3)38(43)44)33-29-36(4)39(45)46/h24-25,34-36H,5-23,26-33H2,1-4H3,(H2-,41,42,43,44,45,46)/p+1/b25-24+. The maximum atomic E-state index is 11.5. The third-order valence-corrected chi connectivity index (χ3v) is 10.0. The quantitative estimate of drug-likeness (QED) is 0.0362. The van der Waals surface area contributed by atoms with Crippen molar-refractivity contribution in [1.29, 1.82) is 0 Å². The summed E-state index contributed by atoms with van der Waals surface area (Å²) in [5, 5.41) is 28.3. The summed E-state index contributed by atoms with van der Waals surface area (Å²) in [6, 6.07) is 0. The van der Waals surface area contributed by atoms with Crippen LogP contribution in [0.5, 0.6) is 0 Å². The van der Waals surface area contributed by atoms with Crippen molar-refractivity contribution >= 4 is 17.9 Å². The molecule has 0 spiro atoms. The number of allylic oxidation sites excluding steroid dienone is 1. The van der Waals surface area contributed by atoms with Crippen LogP contribution in [-0.4, -0.2) is 63.9 Å². The van der Waals surface area contributed by atoms with E-state index >= 15 is 0 Å². The van der Waals surface area contributed by atoms with Crippen LogP contribution in [0.25, 0.3) is 0 Å². The van der Waals surface area contributed by atoms with Crippen LogP contribution in [0.3, 0.4) is 0 Å². The average Bonchev–Trinajstić information content (AvgIpc) is 3.03. The van der Waals surface area contributed by atoms with Crippen LogP contribution in [0, 0.1) is 17.8 Å². The van der Waals surface area contributed by atoms with Gasteiger partial charge in [0, 0.05) is 25.7 Å². The van der Waals surface area contributed by atoms with Crippen molar-refractivity contribution in [2.24, 2.45) is 17.8 Å². The van der Waals surface area contributed by atoms with Gasteiger partial charge in [0.2, 0.25) is 0 Å². The molecule has 3 atom stereocenters. The highest BCUT2D eigenvalue weighted by Gasteiger charge is 2.31. The van der Waals surface area contributed by atoms with Crippen molar-refractivity contribution in [3.8, 4) is 0 Å². The molecule has 3 N–H and O–H groups in total. The first-order chi connectivity index (χ1) is 22.0. The van der Waals surface area contributed by atoms with Crippen molar-refractivity contribution in [3.05, 3.63) is 12.2 Å². The average molecular weight is 653 g/mol. The lowest BCUT2D eigenvalue weighted by Crippen LogP contribution is -2.52. The molecular formula is C39H74NO6+. The molecule has 7 heteroatoms. The highest BCUT2D eigenvalue weighted by molar-refractivity contribution is 5.70. The van der Waals surface area contributed by atoms with E-state index in [9.17, 15) is 29.7 Å². The Balaban J connectivity index is 4.34. The van der Waals surface area contributed by atoms with E-state index in [2.05, 4.69) is 19.1 Å². The van der Waals surface area contributed by atoms with Gasteiger partial charge in [0.25, 0.3) is 0 Å². The molecule has 0 aromatic rings. The molecule has 46 heavy (non-hydrogen) atoms. The van der Waals surface area contributed by atoms with Gasteiger partial charge in [0.05, 0.1) is 43.9 Å². The van der Waals surface area contributed by atoms with Crippen LogP contribution in [0.15, 0.2) is 12.2 Å². The maximum absolute atomic E-state index is 11.5. The zero-order valence-electron chi connectivity index (χ0n) is 30.5. The fourth-order valence-corrected chi connectivity index (χ4v) is 6.19. The first-order valence-corrected chi connectivity index (χ1v) is 19.2. The Morgan fingerprint density at radius 3 is 1.04 bits per heavy atom. The van der Waals surface area contributed by atoms with Crippen molar-refractivity contribution in [3.63, 3.8) is 0 Å². The molecule has 0 aliphatic carbocycles. The summed E-state index contributed by atoms with van der Waals surface area (Å²) in [5.74, 6) is -3.98. The van der Waals surface area contributed by atoms with Crippen LogP contribution in [0.1, 0.15) is 175 Å². The summed E-state index contributed by atoms with van der Waals surface area (Å²) in [7, 11) is 0. The van der Waals surface area contributed by atoms with Gasteiger partial charge >= 0.3 is 17.9 Å². The lowest BCUT2D eigenvalue weighted by molar-refractivity contribution is -0.929. The van der Waals surface area contributed by atoms with E-state index in [-0.39, 0.29) is 0 Å². The Labute approximate surface area is 283 Å². The van der Waals surface area contributed by atoms with Gasteiger partial charge in [-0.05, 0) is 12.8 Å². The summed E-state index contributed by atoms with van der Waals surface area (Å²) >= 11 is 0. The minimum Gasteiger partial charge on any atom is -0.481 e. The molecule has 270 valence electrons. The van der Waals surface area contributed by atoms with Crippen molar-refractivity contribution in [2.75, 3.05) is 26.2 Å². The Morgan fingerprint density at radius 2 is 0.739 bits per heavy atom. The molecule has 0 bridgehead atoms. The molecule has 0 radical (unpaired) electrons. The minimum absolute atomic E-state index is 0.487. The molecule has 0 aromatic heterocycles. The monoisotopic (exact) mass is 653 g/mol. The second kappa shape index (κ2) is 29.3. The van der Waals surface area contributed by atoms with E-state index in [1.54, 1.807) is 20.8 Å². The van der Waals surface area contributed by atoms with Crippen LogP contribution in [-0.2, 0) is 14.4 Å². The number of carboxylic acids is 3. The van der Waals surface area contributed by atoms with E-state index < -0.39 is 35.7 Å². The summed E-state index contributed by atoms with van der Waals surface area (Å²) in [6.07, 6.45) is 32.5. The second-order valence-electron chi connectivity index (χ2n) is 14.4. The molecule has 0 saturated carbocycles. The second-order valence-corrected chi connectivity index (χ2v) is 14.4. The lowest BCUT2D eigenvalue weighted by Gasteiger charge is -2.40. The number of hydrogen-bond donors (Lipinski definition) is 3. The van der Waals surface area contributed by atoms with E-state index in [0.29, 0.717) is 43.4 Å². The predicted octanol–water partition coefficient (Wildman–Crippen LogP) is 10.5. The lowest BCUT2D eigenvalue weighted by atomic mass is 10.0. The zero-order valence-corrected chi connectivity index (χ0v) is 30.5. The van der Waals surface area contributed by atoms with Crippen molar-refractivity contribution < 1.29 is 34.2 Å². The molecule has 3 unspecified atom stereocenters. The van der Waals surface area contributed by atoms with Gasteiger partial charge < -0.3 is 19.8 Å². The number of hydrogen-bond acceptors (Lipinski definition) is 3. The van der Waals surface area contributed by atoms with Gasteiger partial charge in [-0.25, -0.2) is 0 Å². The molecule has 0 amide bonds. The Bertz CT molecular complexity index is 738. The fraction of sp³-hybridized carbons (Fsp3) is 0.872. The number of unbranched alkanes of at least 4 members (excludes halogenated alkanes) is 18. The molecule has 0 rings (SSSR count). The smallest absolute Gasteiger partial charge is 0.306 e. The van der Waals surface area contributed by atoms with Gasteiger partial charge in [-0.1, -0.05) is 149 Å². The van der Waals surface area contributed by atoms with Crippen LogP contribution in [0.4, 0.5) is 0 Å². The molecule has 0 aliphatic heterocycles. The van der Waals surface area contributed by atoms with E-state index in [4.69, 9.17) is 0 Å². The normalized spacial score (nSPS) is 15.0. The van der Waals surface area contributed by atoms with Crippen molar-refractivity contribution in [2.45, 2.75) is 175 Å². The maximum Gasteiger partial charge on any atom is 0.306 e. The number of carboxylic acid groups (broad SMARTS) is 3. The van der Waals surface area contributed by atoms with Gasteiger partial charge in [-0.3, -0.25) is 14.4 Å². The van der Waals surface area contributed by atoms with E-state index in [1.165, 1.54) is 116 Å². The summed E-state index contributed by atoms with van der Waals surface area (Å²) in [5.41, 5.74) is 0. The van der Waals surface area contributed by atoms with Gasteiger partial charge in [-0.2, -0.15) is 0 Å². The molecular weight excluding hydrogens is 578 g/mol. The third kappa shape index (κ3) is 25.2. The molecule has 0 heterocycles. The number of quaternary nitrogens is 1. The largest absolute Gasteiger partial charge is 0.481 e. The van der Waals surface area contributed by atoms with Crippen molar-refractivity contribution in [1.82, 2.24) is 0 Å². The van der Waals surface area contributed by atoms with Gasteiger partial charge in [0.1, 0.15) is 0 Å². The Hall–Kier alpha value is -1.89. The molecule has 0 aromatic carbocycles. The number of carbonyl (C=O) groups is 3. The summed E-state index contributed by atoms with van der Waals surface area (Å²) < 4.78 is 0.566. The minimum atomic E-state index is -0.833. The van der Waals surface area contributed by atoms with Crippen LogP contribution < -0.4 is 0 Å². The van der Waals surface area contributed by atoms with Gasteiger partial charge in [0.15, 0.2) is 0 Å². The highest BCUT2D eigenvalue weighted by Crippen LogP contribution is 2.21. The summed E-state index contributed by atoms with van der Waals surface area (Å²) in [6.45, 7) is 9.99. The molecule has 0 fully saturated rings. The topological polar surface area (TPSA) is 112 Å². The molecule has 7 nitrogen and oxygen atoms in total. The van der Waals surface area contributed by atoms with Gasteiger partial charge in [-0.15, -0.1) is 0 Å². The third-order valence-electron chi connectivity index (χ3n) is 10.0. The predicted molar refractivity (Wildman–Crippen MR) is 191 cm³/mol. The van der Waals surface area contributed by atoms with E-state index in [0.717, 1.165) is 19.4 Å². The number of nitrogens with zero attached hydrogens (tertiary/aromatic N) is 1. The first kappa shape index (κ1) is 44.1. The highest BCUT2D eigenvalue weighted by atomic mass is 16.4. The summed E-state index contributed by atoms with van der Waals surface area (Å²) in [4.78, 5) is 34.5.